The molecule has 5 heteroatoms. The molecule has 0 aliphatic heterocycles. The molecule has 0 heterocycles. The molecule has 3 N–H and O–H groups in total. The molecule has 1 aromatic carbocycles. The van der Waals surface area contributed by atoms with E-state index in [2.05, 4.69) is 29.4 Å². The normalized spacial score (nSPS) is 10.9. The predicted octanol–water partition coefficient (Wildman–Crippen LogP) is 2.63. The maximum absolute atomic E-state index is 5.76. The second-order valence-electron chi connectivity index (χ2n) is 3.79. The van der Waals surface area contributed by atoms with Gasteiger partial charge in [-0.05, 0) is 30.5 Å². The summed E-state index contributed by atoms with van der Waals surface area (Å²) in [4.78, 5) is 4.20. The number of halogens is 1. The number of hydrogen-bond donors (Lipinski definition) is 2. The first-order chi connectivity index (χ1) is 8.26. The van der Waals surface area contributed by atoms with Crippen LogP contribution in [0.3, 0.4) is 0 Å². The zero-order chi connectivity index (χ0) is 12.5. The van der Waals surface area contributed by atoms with Gasteiger partial charge in [-0.2, -0.15) is 0 Å². The third-order valence-corrected chi connectivity index (χ3v) is 2.42. The van der Waals surface area contributed by atoms with Gasteiger partial charge in [-0.25, -0.2) is 0 Å². The second-order valence-corrected chi connectivity index (χ2v) is 3.79. The van der Waals surface area contributed by atoms with Crippen molar-refractivity contribution in [2.45, 2.75) is 19.8 Å². The number of hydrogen-bond acceptors (Lipinski definition) is 2. The fraction of sp³-hybridized carbons (Fsp3) is 0.462. The molecule has 0 saturated heterocycles. The second kappa shape index (κ2) is 10.1. The molecule has 1 rings (SSSR count). The van der Waals surface area contributed by atoms with Crippen LogP contribution < -0.4 is 11.1 Å². The highest BCUT2D eigenvalue weighted by Gasteiger charge is 1.95. The van der Waals surface area contributed by atoms with E-state index in [1.165, 1.54) is 5.56 Å². The molecule has 4 nitrogen and oxygen atoms in total. The molecular formula is C13H22IN3O. The van der Waals surface area contributed by atoms with Crippen molar-refractivity contribution in [1.29, 1.82) is 0 Å². The van der Waals surface area contributed by atoms with Gasteiger partial charge in [0.05, 0.1) is 0 Å². The van der Waals surface area contributed by atoms with Crippen LogP contribution in [0.15, 0.2) is 29.3 Å². The Kier molecular flexibility index (Phi) is 9.67. The molecule has 0 saturated carbocycles. The van der Waals surface area contributed by atoms with Gasteiger partial charge in [0, 0.05) is 25.9 Å². The van der Waals surface area contributed by atoms with Crippen LogP contribution in [-0.4, -0.2) is 26.2 Å². The molecule has 0 fully saturated rings. The molecule has 0 amide bonds. The number of ether oxygens (including phenoxy) is 1. The fourth-order valence-electron chi connectivity index (χ4n) is 1.42. The molecule has 102 valence electrons. The summed E-state index contributed by atoms with van der Waals surface area (Å²) in [6.07, 6.45) is 1.93. The molecule has 0 spiro atoms. The fourth-order valence-corrected chi connectivity index (χ4v) is 1.42. The standard InChI is InChI=1S/C13H21N3O.HI/c1-3-11-5-7-12(8-6-11)16-13(14)15-9-4-10-17-2;/h5-8H,3-4,9-10H2,1-2H3,(H3,14,15,16);1H. The number of benzene rings is 1. The van der Waals surface area contributed by atoms with Gasteiger partial charge in [0.2, 0.25) is 0 Å². The van der Waals surface area contributed by atoms with Gasteiger partial charge in [-0.15, -0.1) is 24.0 Å². The quantitative estimate of drug-likeness (QED) is 0.354. The molecule has 1 aromatic rings. The average molecular weight is 363 g/mol. The van der Waals surface area contributed by atoms with E-state index in [0.29, 0.717) is 19.1 Å². The van der Waals surface area contributed by atoms with Crippen LogP contribution >= 0.6 is 24.0 Å². The number of anilines is 1. The number of rotatable bonds is 6. The summed E-state index contributed by atoms with van der Waals surface area (Å²) in [5.74, 6) is 0.449. The zero-order valence-corrected chi connectivity index (χ0v) is 13.3. The lowest BCUT2D eigenvalue weighted by atomic mass is 10.1. The Balaban J connectivity index is 0.00000289. The van der Waals surface area contributed by atoms with Crippen molar-refractivity contribution in [1.82, 2.24) is 0 Å². The summed E-state index contributed by atoms with van der Waals surface area (Å²) in [5, 5.41) is 3.06. The highest BCUT2D eigenvalue weighted by Crippen LogP contribution is 2.09. The topological polar surface area (TPSA) is 59.6 Å². The first-order valence-corrected chi connectivity index (χ1v) is 5.91. The number of guanidine groups is 1. The number of aryl methyl sites for hydroxylation is 1. The Labute approximate surface area is 126 Å². The van der Waals surface area contributed by atoms with Crippen molar-refractivity contribution in [2.75, 3.05) is 25.6 Å². The summed E-state index contributed by atoms with van der Waals surface area (Å²) in [6, 6.07) is 8.19. The Bertz CT molecular complexity index is 352. The molecular weight excluding hydrogens is 341 g/mol. The molecule has 0 aliphatic carbocycles. The Morgan fingerprint density at radius 3 is 2.56 bits per heavy atom. The van der Waals surface area contributed by atoms with Gasteiger partial charge < -0.3 is 15.8 Å². The van der Waals surface area contributed by atoms with E-state index >= 15 is 0 Å². The lowest BCUT2D eigenvalue weighted by molar-refractivity contribution is 0.197. The number of nitrogens with zero attached hydrogens (tertiary/aromatic N) is 1. The van der Waals surface area contributed by atoms with Gasteiger partial charge in [-0.3, -0.25) is 4.99 Å². The average Bonchev–Trinajstić information content (AvgIpc) is 2.36. The maximum atomic E-state index is 5.76. The number of aliphatic imine (C=N–C) groups is 1. The predicted molar refractivity (Wildman–Crippen MR) is 87.8 cm³/mol. The van der Waals surface area contributed by atoms with Crippen molar-refractivity contribution >= 4 is 35.6 Å². The van der Waals surface area contributed by atoms with Crippen LogP contribution in [0.1, 0.15) is 18.9 Å². The summed E-state index contributed by atoms with van der Waals surface area (Å²) >= 11 is 0. The van der Waals surface area contributed by atoms with Crippen LogP contribution in [0, 0.1) is 0 Å². The van der Waals surface area contributed by atoms with E-state index < -0.39 is 0 Å². The zero-order valence-electron chi connectivity index (χ0n) is 11.0. The van der Waals surface area contributed by atoms with Gasteiger partial charge in [0.25, 0.3) is 0 Å². The van der Waals surface area contributed by atoms with Crippen LogP contribution in [0.4, 0.5) is 5.69 Å². The first-order valence-electron chi connectivity index (χ1n) is 5.91. The highest BCUT2D eigenvalue weighted by molar-refractivity contribution is 14.0. The van der Waals surface area contributed by atoms with Crippen molar-refractivity contribution in [3.63, 3.8) is 0 Å². The van der Waals surface area contributed by atoms with E-state index in [-0.39, 0.29) is 24.0 Å². The molecule has 0 aliphatic rings. The summed E-state index contributed by atoms with van der Waals surface area (Å²) in [5.41, 5.74) is 8.04. The summed E-state index contributed by atoms with van der Waals surface area (Å²) in [6.45, 7) is 3.52. The monoisotopic (exact) mass is 363 g/mol. The highest BCUT2D eigenvalue weighted by atomic mass is 127. The van der Waals surface area contributed by atoms with Crippen molar-refractivity contribution in [3.05, 3.63) is 29.8 Å². The minimum Gasteiger partial charge on any atom is -0.385 e. The van der Waals surface area contributed by atoms with Crippen molar-refractivity contribution in [3.8, 4) is 0 Å². The number of nitrogens with one attached hydrogen (secondary N) is 1. The lowest BCUT2D eigenvalue weighted by Crippen LogP contribution is -2.22. The first kappa shape index (κ1) is 17.2. The van der Waals surface area contributed by atoms with E-state index in [9.17, 15) is 0 Å². The van der Waals surface area contributed by atoms with Gasteiger partial charge in [0.1, 0.15) is 0 Å². The Hall–Kier alpha value is -0.820. The van der Waals surface area contributed by atoms with E-state index in [1.54, 1.807) is 7.11 Å². The maximum Gasteiger partial charge on any atom is 0.193 e. The number of methoxy groups -OCH3 is 1. The molecule has 0 atom stereocenters. The van der Waals surface area contributed by atoms with Gasteiger partial charge >= 0.3 is 0 Å². The van der Waals surface area contributed by atoms with Crippen LogP contribution in [-0.2, 0) is 11.2 Å². The third-order valence-electron chi connectivity index (χ3n) is 2.42. The lowest BCUT2D eigenvalue weighted by Gasteiger charge is -2.06. The van der Waals surface area contributed by atoms with Crippen molar-refractivity contribution < 1.29 is 4.74 Å². The smallest absolute Gasteiger partial charge is 0.193 e. The van der Waals surface area contributed by atoms with Gasteiger partial charge in [0.15, 0.2) is 5.96 Å². The van der Waals surface area contributed by atoms with Crippen LogP contribution in [0.2, 0.25) is 0 Å². The molecule has 18 heavy (non-hydrogen) atoms. The minimum atomic E-state index is 0. The van der Waals surface area contributed by atoms with Crippen LogP contribution in [0.5, 0.6) is 0 Å². The Morgan fingerprint density at radius 1 is 1.33 bits per heavy atom. The van der Waals surface area contributed by atoms with E-state index in [1.807, 2.05) is 12.1 Å². The van der Waals surface area contributed by atoms with E-state index in [4.69, 9.17) is 10.5 Å². The molecule has 0 radical (unpaired) electrons. The van der Waals surface area contributed by atoms with E-state index in [0.717, 1.165) is 18.5 Å². The summed E-state index contributed by atoms with van der Waals surface area (Å²) < 4.78 is 4.94. The SMILES string of the molecule is CCc1ccc(NC(N)=NCCCOC)cc1.I. The summed E-state index contributed by atoms with van der Waals surface area (Å²) in [7, 11) is 1.68. The molecule has 0 unspecified atom stereocenters. The molecule has 0 aromatic heterocycles. The van der Waals surface area contributed by atoms with Crippen LogP contribution in [0.25, 0.3) is 0 Å². The van der Waals surface area contributed by atoms with Gasteiger partial charge in [-0.1, -0.05) is 19.1 Å². The van der Waals surface area contributed by atoms with Crippen molar-refractivity contribution in [2.24, 2.45) is 10.7 Å². The molecule has 0 bridgehead atoms. The third kappa shape index (κ3) is 6.80. The minimum absolute atomic E-state index is 0. The largest absolute Gasteiger partial charge is 0.385 e. The number of nitrogens with two attached hydrogens (primary N) is 1. The Morgan fingerprint density at radius 2 is 2.00 bits per heavy atom.